The molecule has 0 bridgehead atoms. The number of carbonyl (C=O) groups excluding carboxylic acids is 1. The number of hydrogen-bond acceptors (Lipinski definition) is 4. The normalized spacial score (nSPS) is 12.4. The summed E-state index contributed by atoms with van der Waals surface area (Å²) < 4.78 is 11.4. The lowest BCUT2D eigenvalue weighted by molar-refractivity contribution is -0.149. The first-order chi connectivity index (χ1) is 14.6. The van der Waals surface area contributed by atoms with E-state index in [1.807, 2.05) is 49.4 Å². The number of rotatable bonds is 8. The summed E-state index contributed by atoms with van der Waals surface area (Å²) in [5.74, 6) is 0.371. The van der Waals surface area contributed by atoms with Crippen LogP contribution < -0.4 is 4.74 Å². The Kier molecular flexibility index (Phi) is 7.48. The minimum absolute atomic E-state index is 0.430. The van der Waals surface area contributed by atoms with Gasteiger partial charge in [-0.1, -0.05) is 67.4 Å². The summed E-state index contributed by atoms with van der Waals surface area (Å²) in [6.45, 7) is 2.00. The maximum absolute atomic E-state index is 12.9. The summed E-state index contributed by atoms with van der Waals surface area (Å²) in [7, 11) is 0. The average molecular weight is 420 g/mol. The van der Waals surface area contributed by atoms with E-state index >= 15 is 0 Å². The molecule has 152 valence electrons. The molecule has 0 radical (unpaired) electrons. The van der Waals surface area contributed by atoms with Crippen molar-refractivity contribution in [3.8, 4) is 17.6 Å². The number of esters is 1. The highest BCUT2D eigenvalue weighted by Crippen LogP contribution is 2.29. The van der Waals surface area contributed by atoms with Crippen molar-refractivity contribution in [2.45, 2.75) is 31.8 Å². The van der Waals surface area contributed by atoms with Crippen LogP contribution in [-0.2, 0) is 9.53 Å². The summed E-state index contributed by atoms with van der Waals surface area (Å²) in [5, 5.41) is 10.2. The molecular formula is C25H22ClNO3. The SMILES string of the molecule is CCCC(C(=O)OC(C#N)c1cccc(Oc2ccccc2)c1)c1ccc(Cl)cc1. The van der Waals surface area contributed by atoms with Crippen molar-refractivity contribution in [2.75, 3.05) is 0 Å². The van der Waals surface area contributed by atoms with Gasteiger partial charge in [0.05, 0.1) is 5.92 Å². The van der Waals surface area contributed by atoms with Gasteiger partial charge in [-0.15, -0.1) is 0 Å². The minimum Gasteiger partial charge on any atom is -0.457 e. The molecule has 0 amide bonds. The number of ether oxygens (including phenoxy) is 2. The van der Waals surface area contributed by atoms with E-state index in [1.54, 1.807) is 36.4 Å². The number of benzene rings is 3. The Hall–Kier alpha value is -3.29. The smallest absolute Gasteiger partial charge is 0.315 e. The second-order valence-electron chi connectivity index (χ2n) is 6.83. The Morgan fingerprint density at radius 2 is 1.67 bits per heavy atom. The first-order valence-electron chi connectivity index (χ1n) is 9.79. The molecule has 0 aliphatic heterocycles. The van der Waals surface area contributed by atoms with Crippen molar-refractivity contribution < 1.29 is 14.3 Å². The van der Waals surface area contributed by atoms with E-state index in [1.165, 1.54) is 0 Å². The maximum atomic E-state index is 12.9. The van der Waals surface area contributed by atoms with E-state index in [0.717, 1.165) is 12.0 Å². The fourth-order valence-corrected chi connectivity index (χ4v) is 3.26. The highest BCUT2D eigenvalue weighted by Gasteiger charge is 2.25. The summed E-state index contributed by atoms with van der Waals surface area (Å²) >= 11 is 5.96. The molecule has 3 aromatic carbocycles. The summed E-state index contributed by atoms with van der Waals surface area (Å²) in [6.07, 6.45) is 0.402. The maximum Gasteiger partial charge on any atom is 0.315 e. The standard InChI is InChI=1S/C25H22ClNO3/c1-2-7-23(18-12-14-20(26)15-13-18)25(28)30-24(17-27)19-8-6-11-22(16-19)29-21-9-4-3-5-10-21/h3-6,8-16,23-24H,2,7H2,1H3. The number of nitrogens with zero attached hydrogens (tertiary/aromatic N) is 1. The second-order valence-corrected chi connectivity index (χ2v) is 7.26. The minimum atomic E-state index is -1.02. The summed E-state index contributed by atoms with van der Waals surface area (Å²) in [4.78, 5) is 12.9. The number of para-hydroxylation sites is 1. The molecule has 0 aliphatic rings. The number of hydrogen-bond donors (Lipinski definition) is 0. The molecule has 2 unspecified atom stereocenters. The quantitative estimate of drug-likeness (QED) is 0.375. The predicted molar refractivity (Wildman–Crippen MR) is 117 cm³/mol. The van der Waals surface area contributed by atoms with Crippen LogP contribution in [0, 0.1) is 11.3 Å². The van der Waals surface area contributed by atoms with Gasteiger partial charge in [0.15, 0.2) is 0 Å². The number of carbonyl (C=O) groups is 1. The van der Waals surface area contributed by atoms with Crippen molar-refractivity contribution in [3.05, 3.63) is 95.0 Å². The number of halogens is 1. The van der Waals surface area contributed by atoms with Gasteiger partial charge in [0.25, 0.3) is 0 Å². The van der Waals surface area contributed by atoms with E-state index < -0.39 is 18.0 Å². The molecule has 0 aliphatic carbocycles. The lowest BCUT2D eigenvalue weighted by Crippen LogP contribution is -2.18. The predicted octanol–water partition coefficient (Wildman–Crippen LogP) is 6.82. The zero-order chi connectivity index (χ0) is 21.3. The van der Waals surface area contributed by atoms with Crippen LogP contribution in [0.5, 0.6) is 11.5 Å². The summed E-state index contributed by atoms with van der Waals surface area (Å²) in [5.41, 5.74) is 1.38. The third-order valence-corrected chi connectivity index (χ3v) is 4.88. The van der Waals surface area contributed by atoms with Gasteiger partial charge in [-0.05, 0) is 48.4 Å². The van der Waals surface area contributed by atoms with Crippen LogP contribution >= 0.6 is 11.6 Å². The Balaban J connectivity index is 1.76. The van der Waals surface area contributed by atoms with Crippen molar-refractivity contribution in [1.29, 1.82) is 5.26 Å². The van der Waals surface area contributed by atoms with Crippen LogP contribution in [0.1, 0.15) is 42.9 Å². The van der Waals surface area contributed by atoms with Crippen molar-refractivity contribution in [3.63, 3.8) is 0 Å². The molecule has 4 nitrogen and oxygen atoms in total. The van der Waals surface area contributed by atoms with Crippen molar-refractivity contribution in [2.24, 2.45) is 0 Å². The molecule has 0 aromatic heterocycles. The Morgan fingerprint density at radius 3 is 2.33 bits per heavy atom. The fourth-order valence-electron chi connectivity index (χ4n) is 3.14. The Morgan fingerprint density at radius 1 is 0.967 bits per heavy atom. The van der Waals surface area contributed by atoms with Gasteiger partial charge >= 0.3 is 5.97 Å². The van der Waals surface area contributed by atoms with E-state index in [9.17, 15) is 10.1 Å². The monoisotopic (exact) mass is 419 g/mol. The van der Waals surface area contributed by atoms with Crippen LogP contribution in [-0.4, -0.2) is 5.97 Å². The van der Waals surface area contributed by atoms with E-state index in [0.29, 0.717) is 28.5 Å². The molecule has 0 spiro atoms. The fraction of sp³-hybridized carbons (Fsp3) is 0.200. The molecule has 0 saturated carbocycles. The largest absolute Gasteiger partial charge is 0.457 e. The van der Waals surface area contributed by atoms with Crippen molar-refractivity contribution >= 4 is 17.6 Å². The molecule has 0 N–H and O–H groups in total. The highest BCUT2D eigenvalue weighted by atomic mass is 35.5. The second kappa shape index (κ2) is 10.5. The average Bonchev–Trinajstić information content (AvgIpc) is 2.77. The first kappa shape index (κ1) is 21.4. The molecule has 3 rings (SSSR count). The van der Waals surface area contributed by atoms with Crippen LogP contribution in [0.3, 0.4) is 0 Å². The third kappa shape index (κ3) is 5.62. The van der Waals surface area contributed by atoms with Crippen LogP contribution in [0.15, 0.2) is 78.9 Å². The first-order valence-corrected chi connectivity index (χ1v) is 10.2. The van der Waals surface area contributed by atoms with Gasteiger partial charge in [-0.2, -0.15) is 5.26 Å². The van der Waals surface area contributed by atoms with Gasteiger partial charge < -0.3 is 9.47 Å². The molecular weight excluding hydrogens is 398 g/mol. The van der Waals surface area contributed by atoms with Crippen LogP contribution in [0.25, 0.3) is 0 Å². The molecule has 3 aromatic rings. The molecule has 0 fully saturated rings. The van der Waals surface area contributed by atoms with Crippen LogP contribution in [0.2, 0.25) is 5.02 Å². The molecule has 0 heterocycles. The van der Waals surface area contributed by atoms with Crippen molar-refractivity contribution in [1.82, 2.24) is 0 Å². The molecule has 30 heavy (non-hydrogen) atoms. The van der Waals surface area contributed by atoms with E-state index in [4.69, 9.17) is 21.1 Å². The van der Waals surface area contributed by atoms with Crippen LogP contribution in [0.4, 0.5) is 0 Å². The van der Waals surface area contributed by atoms with Gasteiger partial charge in [-0.25, -0.2) is 0 Å². The zero-order valence-corrected chi connectivity index (χ0v) is 17.4. The van der Waals surface area contributed by atoms with E-state index in [-0.39, 0.29) is 0 Å². The van der Waals surface area contributed by atoms with Gasteiger partial charge in [0, 0.05) is 10.6 Å². The van der Waals surface area contributed by atoms with Gasteiger partial charge in [0.1, 0.15) is 17.6 Å². The molecule has 5 heteroatoms. The van der Waals surface area contributed by atoms with E-state index in [2.05, 4.69) is 6.07 Å². The Bertz CT molecular complexity index is 1010. The Labute approximate surface area is 181 Å². The molecule has 0 saturated heterocycles. The molecule has 2 atom stereocenters. The van der Waals surface area contributed by atoms with Gasteiger partial charge in [-0.3, -0.25) is 4.79 Å². The summed E-state index contributed by atoms with van der Waals surface area (Å²) in [6, 6.07) is 25.6. The number of nitriles is 1. The topological polar surface area (TPSA) is 59.3 Å². The highest BCUT2D eigenvalue weighted by molar-refractivity contribution is 6.30. The van der Waals surface area contributed by atoms with Gasteiger partial charge in [0.2, 0.25) is 6.10 Å². The lowest BCUT2D eigenvalue weighted by Gasteiger charge is -2.19. The third-order valence-electron chi connectivity index (χ3n) is 4.63. The lowest BCUT2D eigenvalue weighted by atomic mass is 9.94. The zero-order valence-electron chi connectivity index (χ0n) is 16.6.